The summed E-state index contributed by atoms with van der Waals surface area (Å²) in [5.41, 5.74) is 0.728. The molecule has 0 unspecified atom stereocenters. The van der Waals surface area contributed by atoms with Gasteiger partial charge in [-0.1, -0.05) is 13.8 Å². The van der Waals surface area contributed by atoms with E-state index in [0.29, 0.717) is 5.69 Å². The van der Waals surface area contributed by atoms with Crippen molar-refractivity contribution in [3.63, 3.8) is 0 Å². The molecular weight excluding hydrogens is 232 g/mol. The zero-order valence-electron chi connectivity index (χ0n) is 10.6. The van der Waals surface area contributed by atoms with Crippen LogP contribution in [0.5, 0.6) is 0 Å². The number of hydrogen-bond acceptors (Lipinski definition) is 3. The summed E-state index contributed by atoms with van der Waals surface area (Å²) >= 11 is 0. The Bertz CT molecular complexity index is 428. The van der Waals surface area contributed by atoms with Gasteiger partial charge in [-0.15, -0.1) is 0 Å². The van der Waals surface area contributed by atoms with Crippen molar-refractivity contribution < 1.29 is 14.7 Å². The van der Waals surface area contributed by atoms with Crippen LogP contribution >= 0.6 is 0 Å². The Kier molecular flexibility index (Phi) is 5.30. The fourth-order valence-corrected chi connectivity index (χ4v) is 1.69. The summed E-state index contributed by atoms with van der Waals surface area (Å²) in [4.78, 5) is 26.5. The number of carbonyl (C=O) groups is 2. The van der Waals surface area contributed by atoms with E-state index in [-0.39, 0.29) is 23.9 Å². The zero-order valence-corrected chi connectivity index (χ0v) is 10.6. The van der Waals surface area contributed by atoms with E-state index in [2.05, 4.69) is 10.3 Å². The first-order valence-electron chi connectivity index (χ1n) is 6.04. The van der Waals surface area contributed by atoms with Crippen molar-refractivity contribution in [1.29, 1.82) is 0 Å². The van der Waals surface area contributed by atoms with Crippen LogP contribution in [-0.4, -0.2) is 22.0 Å². The van der Waals surface area contributed by atoms with Gasteiger partial charge in [0.15, 0.2) is 0 Å². The summed E-state index contributed by atoms with van der Waals surface area (Å²) in [5.74, 6) is -1.000. The summed E-state index contributed by atoms with van der Waals surface area (Å²) in [7, 11) is 0. The maximum absolute atomic E-state index is 11.7. The number of hydrogen-bond donors (Lipinski definition) is 2. The minimum absolute atomic E-state index is 0.00709. The highest BCUT2D eigenvalue weighted by atomic mass is 16.4. The number of pyridine rings is 1. The van der Waals surface area contributed by atoms with E-state index >= 15 is 0 Å². The number of nitrogens with zero attached hydrogens (tertiary/aromatic N) is 1. The molecule has 0 saturated carbocycles. The van der Waals surface area contributed by atoms with Gasteiger partial charge in [0.1, 0.15) is 0 Å². The number of carboxylic acid groups (broad SMARTS) is 1. The zero-order chi connectivity index (χ0) is 13.5. The minimum Gasteiger partial charge on any atom is -0.478 e. The fraction of sp³-hybridized carbons (Fsp3) is 0.462. The predicted octanol–water partition coefficient (Wildman–Crippen LogP) is 1.83. The highest BCUT2D eigenvalue weighted by molar-refractivity contribution is 5.87. The third-order valence-corrected chi connectivity index (χ3v) is 2.86. The summed E-state index contributed by atoms with van der Waals surface area (Å²) in [6.07, 6.45) is 3.03. The lowest BCUT2D eigenvalue weighted by Crippen LogP contribution is -2.30. The Morgan fingerprint density at radius 1 is 1.39 bits per heavy atom. The molecule has 1 rings (SSSR count). The van der Waals surface area contributed by atoms with Gasteiger partial charge in [-0.25, -0.2) is 4.79 Å². The number of nitrogens with one attached hydrogen (secondary N) is 1. The summed E-state index contributed by atoms with van der Waals surface area (Å²) in [6, 6.07) is 2.89. The molecule has 98 valence electrons. The van der Waals surface area contributed by atoms with E-state index in [1.165, 1.54) is 18.3 Å². The molecule has 1 aromatic rings. The first kappa shape index (κ1) is 14.2. The first-order valence-corrected chi connectivity index (χ1v) is 6.04. The molecular formula is C13H18N2O3. The van der Waals surface area contributed by atoms with Gasteiger partial charge in [-0.3, -0.25) is 9.78 Å². The number of aromatic nitrogens is 1. The van der Waals surface area contributed by atoms with Crippen LogP contribution in [0.25, 0.3) is 0 Å². The average Bonchev–Trinajstić information content (AvgIpc) is 2.38. The van der Waals surface area contributed by atoms with E-state index in [1.54, 1.807) is 0 Å². The molecule has 5 heteroatoms. The molecule has 0 aliphatic rings. The second kappa shape index (κ2) is 6.74. The van der Waals surface area contributed by atoms with Gasteiger partial charge in [-0.05, 0) is 25.0 Å². The second-order valence-electron chi connectivity index (χ2n) is 4.07. The number of carbonyl (C=O) groups excluding carboxylic acids is 1. The van der Waals surface area contributed by atoms with Crippen LogP contribution in [0.4, 0.5) is 0 Å². The van der Waals surface area contributed by atoms with Crippen molar-refractivity contribution in [1.82, 2.24) is 10.3 Å². The average molecular weight is 250 g/mol. The van der Waals surface area contributed by atoms with Crippen molar-refractivity contribution in [3.05, 3.63) is 29.6 Å². The molecule has 1 aromatic heterocycles. The smallest absolute Gasteiger partial charge is 0.335 e. The Hall–Kier alpha value is -1.91. The Morgan fingerprint density at radius 2 is 2.06 bits per heavy atom. The van der Waals surface area contributed by atoms with Crippen molar-refractivity contribution in [2.45, 2.75) is 33.2 Å². The highest BCUT2D eigenvalue weighted by Crippen LogP contribution is 2.08. The largest absolute Gasteiger partial charge is 0.478 e. The van der Waals surface area contributed by atoms with E-state index in [0.717, 1.165) is 12.8 Å². The summed E-state index contributed by atoms with van der Waals surface area (Å²) in [5, 5.41) is 11.6. The van der Waals surface area contributed by atoms with Crippen LogP contribution in [0, 0.1) is 5.92 Å². The van der Waals surface area contributed by atoms with Crippen molar-refractivity contribution in [2.24, 2.45) is 5.92 Å². The molecule has 0 aliphatic heterocycles. The summed E-state index contributed by atoms with van der Waals surface area (Å²) in [6.45, 7) is 4.20. The normalized spacial score (nSPS) is 10.4. The van der Waals surface area contributed by atoms with Crippen molar-refractivity contribution in [3.8, 4) is 0 Å². The topological polar surface area (TPSA) is 79.3 Å². The first-order chi connectivity index (χ1) is 8.58. The number of carboxylic acids is 1. The lowest BCUT2D eigenvalue weighted by Gasteiger charge is -2.12. The monoisotopic (exact) mass is 250 g/mol. The van der Waals surface area contributed by atoms with E-state index in [9.17, 15) is 9.59 Å². The van der Waals surface area contributed by atoms with Crippen LogP contribution in [0.1, 0.15) is 42.7 Å². The van der Waals surface area contributed by atoms with Gasteiger partial charge >= 0.3 is 5.97 Å². The van der Waals surface area contributed by atoms with Gasteiger partial charge in [0.25, 0.3) is 0 Å². The van der Waals surface area contributed by atoms with Crippen molar-refractivity contribution in [2.75, 3.05) is 0 Å². The standard InChI is InChI=1S/C13H18N2O3/c1-3-9(4-2)12(16)15-8-11-7-10(13(17)18)5-6-14-11/h5-7,9H,3-4,8H2,1-2H3,(H,15,16)(H,17,18). The number of rotatable bonds is 6. The SMILES string of the molecule is CCC(CC)C(=O)NCc1cc(C(=O)O)ccn1. The van der Waals surface area contributed by atoms with Crippen LogP contribution in [0.2, 0.25) is 0 Å². The van der Waals surface area contributed by atoms with E-state index in [4.69, 9.17) is 5.11 Å². The van der Waals surface area contributed by atoms with Crippen LogP contribution in [-0.2, 0) is 11.3 Å². The highest BCUT2D eigenvalue weighted by Gasteiger charge is 2.13. The van der Waals surface area contributed by atoms with Crippen LogP contribution in [0.3, 0.4) is 0 Å². The molecule has 2 N–H and O–H groups in total. The minimum atomic E-state index is -0.995. The lowest BCUT2D eigenvalue weighted by molar-refractivity contribution is -0.125. The van der Waals surface area contributed by atoms with Gasteiger partial charge < -0.3 is 10.4 Å². The number of aromatic carboxylic acids is 1. The quantitative estimate of drug-likeness (QED) is 0.807. The second-order valence-corrected chi connectivity index (χ2v) is 4.07. The lowest BCUT2D eigenvalue weighted by atomic mass is 10.0. The molecule has 18 heavy (non-hydrogen) atoms. The Labute approximate surface area is 106 Å². The molecule has 0 aliphatic carbocycles. The molecule has 0 aromatic carbocycles. The molecule has 5 nitrogen and oxygen atoms in total. The van der Waals surface area contributed by atoms with Gasteiger partial charge in [0, 0.05) is 12.1 Å². The Morgan fingerprint density at radius 3 is 2.61 bits per heavy atom. The van der Waals surface area contributed by atoms with Gasteiger partial charge in [0.05, 0.1) is 17.8 Å². The summed E-state index contributed by atoms with van der Waals surface area (Å²) < 4.78 is 0. The Balaban J connectivity index is 2.61. The molecule has 0 atom stereocenters. The van der Waals surface area contributed by atoms with Crippen LogP contribution < -0.4 is 5.32 Å². The third kappa shape index (κ3) is 3.84. The van der Waals surface area contributed by atoms with Gasteiger partial charge in [0.2, 0.25) is 5.91 Å². The van der Waals surface area contributed by atoms with Crippen LogP contribution in [0.15, 0.2) is 18.3 Å². The third-order valence-electron chi connectivity index (χ3n) is 2.86. The number of amides is 1. The molecule has 1 heterocycles. The fourth-order valence-electron chi connectivity index (χ4n) is 1.69. The van der Waals surface area contributed by atoms with E-state index < -0.39 is 5.97 Å². The van der Waals surface area contributed by atoms with E-state index in [1.807, 2.05) is 13.8 Å². The molecule has 0 spiro atoms. The van der Waals surface area contributed by atoms with Crippen molar-refractivity contribution >= 4 is 11.9 Å². The van der Waals surface area contributed by atoms with Gasteiger partial charge in [-0.2, -0.15) is 0 Å². The molecule has 1 amide bonds. The maximum Gasteiger partial charge on any atom is 0.335 e. The molecule has 0 bridgehead atoms. The molecule has 0 saturated heterocycles. The maximum atomic E-state index is 11.7. The molecule has 0 fully saturated rings. The predicted molar refractivity (Wildman–Crippen MR) is 67.1 cm³/mol. The molecule has 0 radical (unpaired) electrons.